The summed E-state index contributed by atoms with van der Waals surface area (Å²) in [5.74, 6) is 0.0973. The molecule has 2 fully saturated rings. The Hall–Kier alpha value is -1.10. The predicted molar refractivity (Wildman–Crippen MR) is 59.5 cm³/mol. The Morgan fingerprint density at radius 3 is 2.81 bits per heavy atom. The number of nitrogens with two attached hydrogens (primary N) is 1. The maximum atomic E-state index is 11.8. The summed E-state index contributed by atoms with van der Waals surface area (Å²) in [6.45, 7) is 0.536. The molecular weight excluding hydrogens is 206 g/mol. The molecule has 0 aromatic carbocycles. The first-order chi connectivity index (χ1) is 7.66. The number of rotatable bonds is 3. The Balaban J connectivity index is 1.73. The molecule has 5 heteroatoms. The first-order valence-electron chi connectivity index (χ1n) is 5.99. The number of carbonyl (C=O) groups is 2. The summed E-state index contributed by atoms with van der Waals surface area (Å²) in [6, 6.07) is 0.118. The highest BCUT2D eigenvalue weighted by Gasteiger charge is 2.30. The predicted octanol–water partition coefficient (Wildman–Crippen LogP) is -0.491. The van der Waals surface area contributed by atoms with Gasteiger partial charge >= 0.3 is 0 Å². The van der Waals surface area contributed by atoms with Crippen LogP contribution in [-0.2, 0) is 9.59 Å². The second-order valence-electron chi connectivity index (χ2n) is 4.75. The van der Waals surface area contributed by atoms with Crippen LogP contribution in [-0.4, -0.2) is 30.4 Å². The molecule has 2 amide bonds. The zero-order chi connectivity index (χ0) is 11.5. The summed E-state index contributed by atoms with van der Waals surface area (Å²) in [5, 5.41) is 5.71. The molecule has 0 bridgehead atoms. The molecule has 0 aromatic heterocycles. The lowest BCUT2D eigenvalue weighted by molar-refractivity contribution is -0.125. The molecule has 2 aliphatic rings. The van der Waals surface area contributed by atoms with Crippen LogP contribution in [0, 0.1) is 5.92 Å². The van der Waals surface area contributed by atoms with Gasteiger partial charge in [0.2, 0.25) is 11.8 Å². The highest BCUT2D eigenvalue weighted by atomic mass is 16.2. The molecule has 5 nitrogen and oxygen atoms in total. The molecule has 4 N–H and O–H groups in total. The summed E-state index contributed by atoms with van der Waals surface area (Å²) in [7, 11) is 0. The van der Waals surface area contributed by atoms with Gasteiger partial charge in [0, 0.05) is 25.0 Å². The van der Waals surface area contributed by atoms with Gasteiger partial charge in [-0.1, -0.05) is 6.42 Å². The van der Waals surface area contributed by atoms with Crippen LogP contribution < -0.4 is 16.4 Å². The molecule has 0 spiro atoms. The van der Waals surface area contributed by atoms with Crippen molar-refractivity contribution in [3.8, 4) is 0 Å². The molecule has 1 aliphatic heterocycles. The molecule has 1 saturated carbocycles. The van der Waals surface area contributed by atoms with E-state index in [1.54, 1.807) is 0 Å². The fraction of sp³-hybridized carbons (Fsp3) is 0.818. The SMILES string of the molecule is NC1CCCC1C(=O)NCC1CCC(=O)N1. The Bertz CT molecular complexity index is 293. The van der Waals surface area contributed by atoms with Crippen molar-refractivity contribution in [2.45, 2.75) is 44.2 Å². The Morgan fingerprint density at radius 2 is 2.25 bits per heavy atom. The minimum Gasteiger partial charge on any atom is -0.354 e. The molecule has 0 radical (unpaired) electrons. The molecule has 1 heterocycles. The number of amides is 2. The molecule has 3 atom stereocenters. The Morgan fingerprint density at radius 1 is 1.44 bits per heavy atom. The van der Waals surface area contributed by atoms with Crippen molar-refractivity contribution in [1.29, 1.82) is 0 Å². The first kappa shape index (κ1) is 11.4. The van der Waals surface area contributed by atoms with Gasteiger partial charge < -0.3 is 16.4 Å². The van der Waals surface area contributed by atoms with Crippen molar-refractivity contribution in [2.24, 2.45) is 11.7 Å². The Labute approximate surface area is 95.1 Å². The largest absolute Gasteiger partial charge is 0.354 e. The van der Waals surface area contributed by atoms with Gasteiger partial charge in [-0.2, -0.15) is 0 Å². The van der Waals surface area contributed by atoms with Crippen LogP contribution in [0.4, 0.5) is 0 Å². The molecule has 90 valence electrons. The maximum Gasteiger partial charge on any atom is 0.224 e. The van der Waals surface area contributed by atoms with Crippen LogP contribution in [0.5, 0.6) is 0 Å². The molecular formula is C11H19N3O2. The summed E-state index contributed by atoms with van der Waals surface area (Å²) in [6.07, 6.45) is 4.26. The van der Waals surface area contributed by atoms with Crippen molar-refractivity contribution in [2.75, 3.05) is 6.54 Å². The first-order valence-corrected chi connectivity index (χ1v) is 5.99. The minimum absolute atomic E-state index is 0.0122. The minimum atomic E-state index is -0.0305. The van der Waals surface area contributed by atoms with E-state index in [1.165, 1.54) is 0 Å². The van der Waals surface area contributed by atoms with Gasteiger partial charge in [-0.05, 0) is 19.3 Å². The molecule has 16 heavy (non-hydrogen) atoms. The second kappa shape index (κ2) is 4.82. The smallest absolute Gasteiger partial charge is 0.224 e. The third-order valence-electron chi connectivity index (χ3n) is 3.51. The van der Waals surface area contributed by atoms with Crippen molar-refractivity contribution >= 4 is 11.8 Å². The maximum absolute atomic E-state index is 11.8. The molecule has 1 saturated heterocycles. The van der Waals surface area contributed by atoms with E-state index in [-0.39, 0.29) is 29.8 Å². The van der Waals surface area contributed by atoms with Gasteiger partial charge in [-0.25, -0.2) is 0 Å². The molecule has 2 rings (SSSR count). The summed E-state index contributed by atoms with van der Waals surface area (Å²) < 4.78 is 0. The quantitative estimate of drug-likeness (QED) is 0.606. The van der Waals surface area contributed by atoms with Crippen LogP contribution in [0.25, 0.3) is 0 Å². The van der Waals surface area contributed by atoms with Gasteiger partial charge in [-0.3, -0.25) is 9.59 Å². The average Bonchev–Trinajstić information content (AvgIpc) is 2.84. The van der Waals surface area contributed by atoms with E-state index in [1.807, 2.05) is 0 Å². The van der Waals surface area contributed by atoms with Gasteiger partial charge in [0.05, 0.1) is 5.92 Å². The van der Waals surface area contributed by atoms with Crippen molar-refractivity contribution in [3.63, 3.8) is 0 Å². The van der Waals surface area contributed by atoms with Crippen LogP contribution in [0.2, 0.25) is 0 Å². The van der Waals surface area contributed by atoms with Crippen LogP contribution in [0.1, 0.15) is 32.1 Å². The zero-order valence-corrected chi connectivity index (χ0v) is 9.37. The van der Waals surface area contributed by atoms with Crippen LogP contribution in [0.15, 0.2) is 0 Å². The lowest BCUT2D eigenvalue weighted by atomic mass is 10.0. The van der Waals surface area contributed by atoms with E-state index in [0.717, 1.165) is 25.7 Å². The molecule has 1 aliphatic carbocycles. The monoisotopic (exact) mass is 225 g/mol. The van der Waals surface area contributed by atoms with Crippen molar-refractivity contribution < 1.29 is 9.59 Å². The lowest BCUT2D eigenvalue weighted by Gasteiger charge is -2.17. The van der Waals surface area contributed by atoms with E-state index in [0.29, 0.717) is 13.0 Å². The van der Waals surface area contributed by atoms with Crippen LogP contribution in [0.3, 0.4) is 0 Å². The fourth-order valence-electron chi connectivity index (χ4n) is 2.50. The van der Waals surface area contributed by atoms with Crippen LogP contribution >= 0.6 is 0 Å². The highest BCUT2D eigenvalue weighted by molar-refractivity contribution is 5.80. The Kier molecular flexibility index (Phi) is 3.43. The van der Waals surface area contributed by atoms with Crippen molar-refractivity contribution in [1.82, 2.24) is 10.6 Å². The van der Waals surface area contributed by atoms with E-state index >= 15 is 0 Å². The standard InChI is InChI=1S/C11H19N3O2/c12-9-3-1-2-8(9)11(16)13-6-7-4-5-10(15)14-7/h7-9H,1-6,12H2,(H,13,16)(H,14,15). The number of nitrogens with one attached hydrogen (secondary N) is 2. The van der Waals surface area contributed by atoms with E-state index in [4.69, 9.17) is 5.73 Å². The normalized spacial score (nSPS) is 33.8. The summed E-state index contributed by atoms with van der Waals surface area (Å²) in [5.41, 5.74) is 5.86. The third-order valence-corrected chi connectivity index (χ3v) is 3.51. The van der Waals surface area contributed by atoms with Gasteiger partial charge in [0.1, 0.15) is 0 Å². The summed E-state index contributed by atoms with van der Waals surface area (Å²) >= 11 is 0. The second-order valence-corrected chi connectivity index (χ2v) is 4.75. The van der Waals surface area contributed by atoms with Gasteiger partial charge in [0.25, 0.3) is 0 Å². The number of hydrogen-bond donors (Lipinski definition) is 3. The lowest BCUT2D eigenvalue weighted by Crippen LogP contribution is -2.43. The third kappa shape index (κ3) is 2.52. The highest BCUT2D eigenvalue weighted by Crippen LogP contribution is 2.23. The van der Waals surface area contributed by atoms with Gasteiger partial charge in [0.15, 0.2) is 0 Å². The van der Waals surface area contributed by atoms with E-state index in [2.05, 4.69) is 10.6 Å². The molecule has 3 unspecified atom stereocenters. The molecule has 0 aromatic rings. The zero-order valence-electron chi connectivity index (χ0n) is 9.37. The van der Waals surface area contributed by atoms with E-state index < -0.39 is 0 Å². The van der Waals surface area contributed by atoms with E-state index in [9.17, 15) is 9.59 Å². The fourth-order valence-corrected chi connectivity index (χ4v) is 2.50. The summed E-state index contributed by atoms with van der Waals surface area (Å²) in [4.78, 5) is 22.8. The van der Waals surface area contributed by atoms with Gasteiger partial charge in [-0.15, -0.1) is 0 Å². The topological polar surface area (TPSA) is 84.2 Å². The van der Waals surface area contributed by atoms with Crippen molar-refractivity contribution in [3.05, 3.63) is 0 Å². The number of carbonyl (C=O) groups excluding carboxylic acids is 2. The number of hydrogen-bond acceptors (Lipinski definition) is 3. The average molecular weight is 225 g/mol.